The van der Waals surface area contributed by atoms with E-state index < -0.39 is 5.97 Å². The van der Waals surface area contributed by atoms with Crippen LogP contribution < -0.4 is 0 Å². The zero-order valence-electron chi connectivity index (χ0n) is 11.1. The zero-order valence-corrected chi connectivity index (χ0v) is 11.1. The van der Waals surface area contributed by atoms with Crippen molar-refractivity contribution in [3.8, 4) is 16.9 Å². The smallest absolute Gasteiger partial charge is 0.339 e. The summed E-state index contributed by atoms with van der Waals surface area (Å²) in [5.41, 5.74) is 2.33. The van der Waals surface area contributed by atoms with Crippen molar-refractivity contribution >= 4 is 5.97 Å². The Kier molecular flexibility index (Phi) is 3.29. The predicted molar refractivity (Wildman–Crippen MR) is 71.4 cm³/mol. The fourth-order valence-electron chi connectivity index (χ4n) is 1.90. The number of rotatable bonds is 3. The van der Waals surface area contributed by atoms with Gasteiger partial charge in [0.15, 0.2) is 0 Å². The number of benzene rings is 1. The van der Waals surface area contributed by atoms with E-state index in [1.165, 1.54) is 12.1 Å². The topological polar surface area (TPSA) is 75.3 Å². The van der Waals surface area contributed by atoms with Crippen molar-refractivity contribution in [1.82, 2.24) is 9.78 Å². The number of hydrogen-bond acceptors (Lipinski definition) is 3. The molecule has 1 heterocycles. The molecule has 0 aliphatic heterocycles. The van der Waals surface area contributed by atoms with Crippen LogP contribution in [0.25, 0.3) is 11.1 Å². The molecule has 5 heteroatoms. The van der Waals surface area contributed by atoms with E-state index in [1.807, 2.05) is 31.6 Å². The molecule has 0 radical (unpaired) electrons. The van der Waals surface area contributed by atoms with Crippen molar-refractivity contribution in [3.05, 3.63) is 35.7 Å². The van der Waals surface area contributed by atoms with Crippen LogP contribution in [0.3, 0.4) is 0 Å². The summed E-state index contributed by atoms with van der Waals surface area (Å²) in [6.45, 7) is 5.92. The van der Waals surface area contributed by atoms with Crippen LogP contribution in [0, 0.1) is 6.92 Å². The number of nitrogens with zero attached hydrogens (tertiary/aromatic N) is 2. The molecule has 0 saturated heterocycles. The summed E-state index contributed by atoms with van der Waals surface area (Å²) in [7, 11) is 0. The first-order chi connectivity index (χ1) is 8.90. The van der Waals surface area contributed by atoms with Gasteiger partial charge in [0.2, 0.25) is 0 Å². The second-order valence-electron chi connectivity index (χ2n) is 4.74. The van der Waals surface area contributed by atoms with Crippen molar-refractivity contribution in [3.63, 3.8) is 0 Å². The molecule has 0 unspecified atom stereocenters. The Hall–Kier alpha value is -2.30. The lowest BCUT2D eigenvalue weighted by molar-refractivity contribution is 0.0694. The first-order valence-electron chi connectivity index (χ1n) is 6.02. The lowest BCUT2D eigenvalue weighted by Crippen LogP contribution is -2.00. The number of carboxylic acids is 1. The van der Waals surface area contributed by atoms with E-state index in [2.05, 4.69) is 5.10 Å². The van der Waals surface area contributed by atoms with Gasteiger partial charge in [0.05, 0.1) is 5.69 Å². The predicted octanol–water partition coefficient (Wildman–Crippen LogP) is 2.84. The number of carbonyl (C=O) groups is 1. The molecule has 0 amide bonds. The van der Waals surface area contributed by atoms with E-state index >= 15 is 0 Å². The summed E-state index contributed by atoms with van der Waals surface area (Å²) in [6, 6.07) is 4.79. The average Bonchev–Trinajstić information content (AvgIpc) is 2.72. The summed E-state index contributed by atoms with van der Waals surface area (Å²) < 4.78 is 1.83. The van der Waals surface area contributed by atoms with Gasteiger partial charge in [0, 0.05) is 17.8 Å². The van der Waals surface area contributed by atoms with Crippen LogP contribution in [-0.2, 0) is 0 Å². The number of hydrogen-bond donors (Lipinski definition) is 2. The maximum atomic E-state index is 11.0. The highest BCUT2D eigenvalue weighted by atomic mass is 16.4. The normalized spacial score (nSPS) is 10.9. The van der Waals surface area contributed by atoms with Crippen LogP contribution in [0.15, 0.2) is 24.4 Å². The molecule has 0 bridgehead atoms. The maximum absolute atomic E-state index is 11.0. The quantitative estimate of drug-likeness (QED) is 0.889. The van der Waals surface area contributed by atoms with Crippen LogP contribution in [0.5, 0.6) is 5.75 Å². The molecular formula is C14H16N2O3. The summed E-state index contributed by atoms with van der Waals surface area (Å²) in [5, 5.41) is 22.9. The molecule has 1 aromatic carbocycles. The molecule has 2 aromatic rings. The van der Waals surface area contributed by atoms with E-state index in [0.717, 1.165) is 16.8 Å². The number of aromatic hydroxyl groups is 1. The average molecular weight is 260 g/mol. The van der Waals surface area contributed by atoms with Gasteiger partial charge in [-0.1, -0.05) is 6.07 Å². The number of aromatic nitrogens is 2. The van der Waals surface area contributed by atoms with E-state index in [1.54, 1.807) is 6.07 Å². The second-order valence-corrected chi connectivity index (χ2v) is 4.74. The molecule has 0 spiro atoms. The van der Waals surface area contributed by atoms with Gasteiger partial charge in [-0.05, 0) is 38.5 Å². The summed E-state index contributed by atoms with van der Waals surface area (Å²) in [6.07, 6.45) is 1.89. The van der Waals surface area contributed by atoms with Crippen LogP contribution in [0.1, 0.15) is 35.9 Å². The Morgan fingerprint density at radius 3 is 2.58 bits per heavy atom. The van der Waals surface area contributed by atoms with Gasteiger partial charge in [-0.15, -0.1) is 0 Å². The number of carboxylic acid groups (broad SMARTS) is 1. The van der Waals surface area contributed by atoms with Crippen LogP contribution >= 0.6 is 0 Å². The van der Waals surface area contributed by atoms with Gasteiger partial charge in [-0.25, -0.2) is 4.79 Å². The molecule has 0 aliphatic carbocycles. The minimum atomic E-state index is -1.15. The molecule has 2 N–H and O–H groups in total. The maximum Gasteiger partial charge on any atom is 0.339 e. The fraction of sp³-hybridized carbons (Fsp3) is 0.286. The van der Waals surface area contributed by atoms with E-state index in [9.17, 15) is 9.90 Å². The number of aromatic carboxylic acids is 1. The van der Waals surface area contributed by atoms with E-state index in [0.29, 0.717) is 0 Å². The number of aryl methyl sites for hydroxylation is 1. The SMILES string of the molecule is Cc1nn(C(C)C)cc1-c1ccc(O)c(C(=O)O)c1. The largest absolute Gasteiger partial charge is 0.507 e. The Morgan fingerprint density at radius 1 is 1.37 bits per heavy atom. The fourth-order valence-corrected chi connectivity index (χ4v) is 1.90. The molecule has 5 nitrogen and oxygen atoms in total. The molecule has 2 rings (SSSR count). The third kappa shape index (κ3) is 2.45. The van der Waals surface area contributed by atoms with E-state index in [-0.39, 0.29) is 17.4 Å². The highest BCUT2D eigenvalue weighted by Gasteiger charge is 2.14. The summed E-state index contributed by atoms with van der Waals surface area (Å²) in [5.74, 6) is -1.38. The molecule has 1 aromatic heterocycles. The van der Waals surface area contributed by atoms with Gasteiger partial charge < -0.3 is 10.2 Å². The van der Waals surface area contributed by atoms with Crippen molar-refractivity contribution in [1.29, 1.82) is 0 Å². The summed E-state index contributed by atoms with van der Waals surface area (Å²) in [4.78, 5) is 11.0. The van der Waals surface area contributed by atoms with Crippen LogP contribution in [-0.4, -0.2) is 26.0 Å². The van der Waals surface area contributed by atoms with Crippen molar-refractivity contribution < 1.29 is 15.0 Å². The molecule has 19 heavy (non-hydrogen) atoms. The minimum Gasteiger partial charge on any atom is -0.507 e. The van der Waals surface area contributed by atoms with Crippen molar-refractivity contribution in [2.45, 2.75) is 26.8 Å². The highest BCUT2D eigenvalue weighted by Crippen LogP contribution is 2.28. The Bertz CT molecular complexity index is 630. The summed E-state index contributed by atoms with van der Waals surface area (Å²) >= 11 is 0. The Morgan fingerprint density at radius 2 is 2.05 bits per heavy atom. The van der Waals surface area contributed by atoms with Gasteiger partial charge in [0.25, 0.3) is 0 Å². The van der Waals surface area contributed by atoms with E-state index in [4.69, 9.17) is 5.11 Å². The molecule has 0 atom stereocenters. The Labute approximate surface area is 111 Å². The second kappa shape index (κ2) is 4.76. The van der Waals surface area contributed by atoms with Crippen LogP contribution in [0.4, 0.5) is 0 Å². The molecule has 0 saturated carbocycles. The van der Waals surface area contributed by atoms with Crippen LogP contribution in [0.2, 0.25) is 0 Å². The molecule has 0 fully saturated rings. The lowest BCUT2D eigenvalue weighted by Gasteiger charge is -2.04. The molecular weight excluding hydrogens is 244 g/mol. The lowest BCUT2D eigenvalue weighted by atomic mass is 10.0. The monoisotopic (exact) mass is 260 g/mol. The molecule has 100 valence electrons. The first kappa shape index (κ1) is 13.1. The zero-order chi connectivity index (χ0) is 14.2. The van der Waals surface area contributed by atoms with Gasteiger partial charge >= 0.3 is 5.97 Å². The van der Waals surface area contributed by atoms with Gasteiger partial charge in [0.1, 0.15) is 11.3 Å². The van der Waals surface area contributed by atoms with Gasteiger partial charge in [-0.2, -0.15) is 5.10 Å². The molecule has 0 aliphatic rings. The minimum absolute atomic E-state index is 0.103. The highest BCUT2D eigenvalue weighted by molar-refractivity contribution is 5.92. The Balaban J connectivity index is 2.53. The third-order valence-electron chi connectivity index (χ3n) is 2.98. The third-order valence-corrected chi connectivity index (χ3v) is 2.98. The van der Waals surface area contributed by atoms with Gasteiger partial charge in [-0.3, -0.25) is 4.68 Å². The number of phenols is 1. The van der Waals surface area contributed by atoms with Crippen molar-refractivity contribution in [2.24, 2.45) is 0 Å². The first-order valence-corrected chi connectivity index (χ1v) is 6.02. The standard InChI is InChI=1S/C14H16N2O3/c1-8(2)16-7-12(9(3)15-16)10-4-5-13(17)11(6-10)14(18)19/h4-8,17H,1-3H3,(H,18,19). The van der Waals surface area contributed by atoms with Crippen molar-refractivity contribution in [2.75, 3.05) is 0 Å².